The molecule has 1 fully saturated rings. The van der Waals surface area contributed by atoms with Gasteiger partial charge in [0.1, 0.15) is 5.75 Å². The Morgan fingerprint density at radius 2 is 1.11 bits per heavy atom. The monoisotopic (exact) mass is 499 g/mol. The zero-order chi connectivity index (χ0) is 26.0. The fraction of sp³-hybridized carbons (Fsp3) is 0.182. The highest BCUT2D eigenvalue weighted by atomic mass is 16.5. The molecule has 0 unspecified atom stereocenters. The van der Waals surface area contributed by atoms with Gasteiger partial charge in [-0.05, 0) is 53.4 Å². The molecule has 1 heterocycles. The van der Waals surface area contributed by atoms with Gasteiger partial charge in [-0.3, -0.25) is 14.4 Å². The van der Waals surface area contributed by atoms with Crippen molar-refractivity contribution in [2.24, 2.45) is 11.8 Å². The number of nitrogens with zero attached hydrogens (tertiary/aromatic N) is 1. The Morgan fingerprint density at radius 3 is 1.58 bits per heavy atom. The van der Waals surface area contributed by atoms with E-state index in [1.165, 1.54) is 4.90 Å². The minimum atomic E-state index is -0.672. The zero-order valence-electron chi connectivity index (χ0n) is 20.8. The van der Waals surface area contributed by atoms with Crippen LogP contribution in [0.5, 0.6) is 5.75 Å². The molecule has 4 aliphatic rings. The number of ether oxygens (including phenoxy) is 1. The predicted molar refractivity (Wildman–Crippen MR) is 143 cm³/mol. The van der Waals surface area contributed by atoms with Gasteiger partial charge in [0.15, 0.2) is 6.10 Å². The summed E-state index contributed by atoms with van der Waals surface area (Å²) < 4.78 is 5.89. The lowest BCUT2D eigenvalue weighted by molar-refractivity contribution is -0.122. The third-order valence-electron chi connectivity index (χ3n) is 8.28. The minimum absolute atomic E-state index is 0.113. The van der Waals surface area contributed by atoms with Gasteiger partial charge in [0.05, 0.1) is 17.5 Å². The van der Waals surface area contributed by atoms with E-state index in [1.54, 1.807) is 43.3 Å². The first-order valence-electron chi connectivity index (χ1n) is 13.0. The summed E-state index contributed by atoms with van der Waals surface area (Å²) in [6.45, 7) is 1.71. The van der Waals surface area contributed by atoms with E-state index in [1.807, 2.05) is 42.5 Å². The lowest BCUT2D eigenvalue weighted by atomic mass is 9.55. The molecule has 0 saturated carbocycles. The van der Waals surface area contributed by atoms with Crippen LogP contribution >= 0.6 is 0 Å². The Balaban J connectivity index is 1.18. The fourth-order valence-electron chi connectivity index (χ4n) is 6.70. The van der Waals surface area contributed by atoms with E-state index < -0.39 is 17.9 Å². The Kier molecular flexibility index (Phi) is 5.08. The molecular weight excluding hydrogens is 474 g/mol. The van der Waals surface area contributed by atoms with Gasteiger partial charge in [0.2, 0.25) is 17.6 Å². The Morgan fingerprint density at radius 1 is 0.658 bits per heavy atom. The van der Waals surface area contributed by atoms with Crippen molar-refractivity contribution in [1.82, 2.24) is 0 Å². The molecule has 0 N–H and O–H groups in total. The summed E-state index contributed by atoms with van der Waals surface area (Å²) >= 11 is 0. The summed E-state index contributed by atoms with van der Waals surface area (Å²) in [5.41, 5.74) is 5.73. The summed E-state index contributed by atoms with van der Waals surface area (Å²) in [6.07, 6.45) is -0.672. The molecule has 3 aliphatic carbocycles. The average molecular weight is 500 g/mol. The van der Waals surface area contributed by atoms with Crippen LogP contribution in [-0.2, 0) is 9.59 Å². The standard InChI is InChI=1S/C33H25NO4/c1-19(31(35)20-9-3-2-4-10-20)38-22-17-15-21(16-18-22)34-32(36)29-27-23-11-5-6-12-24(23)28(30(29)33(34)37)26-14-8-7-13-25(26)27/h2-19,27-30H,1H3/t19-,27?,28?,29+,30+/m0/s1. The van der Waals surface area contributed by atoms with Crippen LogP contribution in [0.1, 0.15) is 51.4 Å². The summed E-state index contributed by atoms with van der Waals surface area (Å²) in [5.74, 6) is -1.02. The maximum Gasteiger partial charge on any atom is 0.238 e. The van der Waals surface area contributed by atoms with Crippen LogP contribution in [0, 0.1) is 11.8 Å². The number of rotatable bonds is 5. The largest absolute Gasteiger partial charge is 0.483 e. The first-order valence-corrected chi connectivity index (χ1v) is 13.0. The second kappa shape index (κ2) is 8.52. The molecule has 38 heavy (non-hydrogen) atoms. The number of Topliss-reactive ketones (excluding diaryl/α,β-unsaturated/α-hetero) is 1. The molecular formula is C33H25NO4. The van der Waals surface area contributed by atoms with E-state index >= 15 is 0 Å². The predicted octanol–water partition coefficient (Wildman–Crippen LogP) is 5.73. The van der Waals surface area contributed by atoms with E-state index in [9.17, 15) is 14.4 Å². The fourth-order valence-corrected chi connectivity index (χ4v) is 6.70. The maximum atomic E-state index is 13.9. The normalized spacial score (nSPS) is 23.4. The summed E-state index contributed by atoms with van der Waals surface area (Å²) in [5, 5.41) is 0. The van der Waals surface area contributed by atoms with Crippen molar-refractivity contribution in [3.63, 3.8) is 0 Å². The van der Waals surface area contributed by atoms with E-state index in [0.717, 1.165) is 22.3 Å². The number of imide groups is 1. The van der Waals surface area contributed by atoms with Crippen LogP contribution < -0.4 is 9.64 Å². The van der Waals surface area contributed by atoms with E-state index in [4.69, 9.17) is 4.74 Å². The van der Waals surface area contributed by atoms with Gasteiger partial charge < -0.3 is 4.74 Å². The molecule has 186 valence electrons. The highest BCUT2D eigenvalue weighted by Crippen LogP contribution is 2.61. The van der Waals surface area contributed by atoms with Crippen LogP contribution in [0.25, 0.3) is 0 Å². The first kappa shape index (κ1) is 22.7. The highest BCUT2D eigenvalue weighted by Gasteiger charge is 2.61. The van der Waals surface area contributed by atoms with Crippen molar-refractivity contribution >= 4 is 23.3 Å². The van der Waals surface area contributed by atoms with E-state index in [-0.39, 0.29) is 29.4 Å². The van der Waals surface area contributed by atoms with Crippen molar-refractivity contribution in [2.45, 2.75) is 24.9 Å². The second-order valence-corrected chi connectivity index (χ2v) is 10.3. The lowest BCUT2D eigenvalue weighted by Crippen LogP contribution is -2.41. The van der Waals surface area contributed by atoms with Crippen molar-refractivity contribution in [1.29, 1.82) is 0 Å². The Labute approximate surface area is 220 Å². The lowest BCUT2D eigenvalue weighted by Gasteiger charge is -2.45. The number of anilines is 1. The van der Waals surface area contributed by atoms with Gasteiger partial charge in [-0.2, -0.15) is 0 Å². The molecule has 3 atom stereocenters. The molecule has 0 spiro atoms. The molecule has 8 rings (SSSR count). The van der Waals surface area contributed by atoms with Gasteiger partial charge >= 0.3 is 0 Å². The van der Waals surface area contributed by atoms with E-state index in [2.05, 4.69) is 24.3 Å². The third kappa shape index (κ3) is 3.21. The SMILES string of the molecule is C[C@H](Oc1ccc(N2C(=O)[C@@H]3C4c5ccccc5C(c5ccccc54)[C@H]3C2=O)cc1)C(=O)c1ccccc1. The van der Waals surface area contributed by atoms with Crippen molar-refractivity contribution in [2.75, 3.05) is 4.90 Å². The quantitative estimate of drug-likeness (QED) is 0.260. The number of benzene rings is 4. The van der Waals surface area contributed by atoms with Crippen molar-refractivity contribution < 1.29 is 19.1 Å². The molecule has 4 aromatic rings. The number of amides is 2. The van der Waals surface area contributed by atoms with Gasteiger partial charge in [0.25, 0.3) is 0 Å². The smallest absolute Gasteiger partial charge is 0.238 e. The molecule has 2 bridgehead atoms. The number of hydrogen-bond acceptors (Lipinski definition) is 4. The van der Waals surface area contributed by atoms with Crippen LogP contribution in [-0.4, -0.2) is 23.7 Å². The topological polar surface area (TPSA) is 63.7 Å². The molecule has 1 aliphatic heterocycles. The van der Waals surface area contributed by atoms with Crippen LogP contribution in [0.2, 0.25) is 0 Å². The van der Waals surface area contributed by atoms with Crippen LogP contribution in [0.3, 0.4) is 0 Å². The summed E-state index contributed by atoms with van der Waals surface area (Å²) in [4.78, 5) is 41.8. The first-order chi connectivity index (χ1) is 18.5. The molecule has 0 aromatic heterocycles. The molecule has 1 saturated heterocycles. The average Bonchev–Trinajstić information content (AvgIpc) is 3.23. The van der Waals surface area contributed by atoms with Crippen LogP contribution in [0.15, 0.2) is 103 Å². The Bertz CT molecular complexity index is 1480. The summed E-state index contributed by atoms with van der Waals surface area (Å²) in [6, 6.07) is 32.4. The third-order valence-corrected chi connectivity index (χ3v) is 8.28. The number of carbonyl (C=O) groups excluding carboxylic acids is 3. The van der Waals surface area contributed by atoms with Gasteiger partial charge in [-0.25, -0.2) is 4.90 Å². The van der Waals surface area contributed by atoms with Crippen molar-refractivity contribution in [3.8, 4) is 5.75 Å². The van der Waals surface area contributed by atoms with Crippen LogP contribution in [0.4, 0.5) is 5.69 Å². The number of hydrogen-bond donors (Lipinski definition) is 0. The maximum absolute atomic E-state index is 13.9. The molecule has 5 heteroatoms. The molecule has 4 aromatic carbocycles. The minimum Gasteiger partial charge on any atom is -0.483 e. The number of ketones is 1. The number of carbonyl (C=O) groups is 3. The molecule has 2 amide bonds. The van der Waals surface area contributed by atoms with Gasteiger partial charge in [0, 0.05) is 17.4 Å². The molecule has 0 radical (unpaired) electrons. The Hall–Kier alpha value is -4.51. The van der Waals surface area contributed by atoms with Gasteiger partial charge in [-0.1, -0.05) is 78.9 Å². The molecule has 5 nitrogen and oxygen atoms in total. The van der Waals surface area contributed by atoms with E-state index in [0.29, 0.717) is 17.0 Å². The summed E-state index contributed by atoms with van der Waals surface area (Å²) in [7, 11) is 0. The highest BCUT2D eigenvalue weighted by molar-refractivity contribution is 6.23. The zero-order valence-corrected chi connectivity index (χ0v) is 20.8. The second-order valence-electron chi connectivity index (χ2n) is 10.3. The van der Waals surface area contributed by atoms with Gasteiger partial charge in [-0.15, -0.1) is 0 Å². The van der Waals surface area contributed by atoms with Crippen molar-refractivity contribution in [3.05, 3.63) is 131 Å².